The number of rotatable bonds is 3. The molecule has 6 nitrogen and oxygen atoms in total. The zero-order chi connectivity index (χ0) is 21.5. The molecule has 0 fully saturated rings. The smallest absolute Gasteiger partial charge is 0.325 e. The molecule has 11 heteroatoms. The first-order valence-corrected chi connectivity index (χ1v) is 9.69. The molecular formula is C19H15F4N5OS. The number of carbonyl (C=O) groups excluding carboxylic acids is 1. The Morgan fingerprint density at radius 2 is 1.90 bits per heavy atom. The topological polar surface area (TPSA) is 71.8 Å². The van der Waals surface area contributed by atoms with Crippen LogP contribution in [0.25, 0.3) is 0 Å². The summed E-state index contributed by atoms with van der Waals surface area (Å²) in [5.74, 6) is -0.372. The van der Waals surface area contributed by atoms with Crippen molar-refractivity contribution in [2.45, 2.75) is 29.5 Å². The number of benzene rings is 2. The summed E-state index contributed by atoms with van der Waals surface area (Å²) in [4.78, 5) is 13.0. The number of thioether (sulfide) groups is 1. The van der Waals surface area contributed by atoms with Gasteiger partial charge in [-0.2, -0.15) is 13.2 Å². The van der Waals surface area contributed by atoms with Gasteiger partial charge in [0.15, 0.2) is 0 Å². The number of carbonyl (C=O) groups is 1. The van der Waals surface area contributed by atoms with E-state index in [-0.39, 0.29) is 5.69 Å². The number of aryl methyl sites for hydroxylation is 1. The van der Waals surface area contributed by atoms with Crippen LogP contribution in [0.3, 0.4) is 0 Å². The molecule has 0 aliphatic carbocycles. The van der Waals surface area contributed by atoms with E-state index in [0.29, 0.717) is 16.5 Å². The van der Waals surface area contributed by atoms with Crippen molar-refractivity contribution in [2.24, 2.45) is 0 Å². The van der Waals surface area contributed by atoms with Crippen LogP contribution in [0, 0.1) is 12.7 Å². The van der Waals surface area contributed by atoms with Crippen LogP contribution in [-0.4, -0.2) is 26.0 Å². The number of fused-ring (bicyclic) bond motifs is 1. The second kappa shape index (κ2) is 7.63. The fourth-order valence-corrected chi connectivity index (χ4v) is 4.19. The summed E-state index contributed by atoms with van der Waals surface area (Å²) < 4.78 is 53.9. The van der Waals surface area contributed by atoms with Crippen molar-refractivity contribution in [1.82, 2.24) is 14.9 Å². The van der Waals surface area contributed by atoms with Crippen LogP contribution in [0.1, 0.15) is 23.0 Å². The van der Waals surface area contributed by atoms with Gasteiger partial charge < -0.3 is 10.7 Å². The van der Waals surface area contributed by atoms with Crippen LogP contribution in [0.2, 0.25) is 0 Å². The molecule has 2 N–H and O–H groups in total. The van der Waals surface area contributed by atoms with Gasteiger partial charge in [0, 0.05) is 5.69 Å². The van der Waals surface area contributed by atoms with Crippen molar-refractivity contribution >= 4 is 23.4 Å². The van der Waals surface area contributed by atoms with Crippen LogP contribution in [0.15, 0.2) is 53.7 Å². The minimum atomic E-state index is -4.52. The van der Waals surface area contributed by atoms with E-state index in [1.165, 1.54) is 24.3 Å². The predicted octanol–water partition coefficient (Wildman–Crippen LogP) is 4.14. The normalized spacial score (nSPS) is 18.4. The molecule has 2 aromatic carbocycles. The van der Waals surface area contributed by atoms with E-state index < -0.39 is 34.8 Å². The van der Waals surface area contributed by atoms with Crippen molar-refractivity contribution in [3.05, 3.63) is 71.3 Å². The maximum Gasteiger partial charge on any atom is 0.416 e. The molecule has 3 aromatic rings. The second-order valence-electron chi connectivity index (χ2n) is 6.63. The molecule has 1 aliphatic heterocycles. The summed E-state index contributed by atoms with van der Waals surface area (Å²) in [6, 6.07) is 9.46. The molecule has 0 bridgehead atoms. The third kappa shape index (κ3) is 3.97. The Bertz CT molecular complexity index is 1080. The Morgan fingerprint density at radius 3 is 2.60 bits per heavy atom. The van der Waals surface area contributed by atoms with E-state index in [1.54, 1.807) is 23.7 Å². The molecule has 4 rings (SSSR count). The average molecular weight is 437 g/mol. The Hall–Kier alpha value is -3.08. The van der Waals surface area contributed by atoms with Crippen LogP contribution in [-0.2, 0) is 11.0 Å². The molecule has 0 unspecified atom stereocenters. The molecule has 0 radical (unpaired) electrons. The Morgan fingerprint density at radius 1 is 1.17 bits per heavy atom. The Balaban J connectivity index is 1.64. The highest BCUT2D eigenvalue weighted by molar-refractivity contribution is 8.00. The largest absolute Gasteiger partial charge is 0.416 e. The summed E-state index contributed by atoms with van der Waals surface area (Å²) in [7, 11) is 0. The molecule has 1 aromatic heterocycles. The highest BCUT2D eigenvalue weighted by atomic mass is 32.2. The number of halogens is 4. The zero-order valence-electron chi connectivity index (χ0n) is 15.4. The van der Waals surface area contributed by atoms with Gasteiger partial charge in [-0.3, -0.25) is 4.79 Å². The SMILES string of the molecule is Cc1nnc2n1N[C@H](c1ccc(F)cc1)[C@H](C(=O)Nc1cccc(C(F)(F)F)c1)S2. The predicted molar refractivity (Wildman–Crippen MR) is 103 cm³/mol. The molecule has 2 heterocycles. The van der Waals surface area contributed by atoms with Crippen molar-refractivity contribution < 1.29 is 22.4 Å². The van der Waals surface area contributed by atoms with Gasteiger partial charge in [0.2, 0.25) is 11.1 Å². The standard InChI is InChI=1S/C19H15F4N5OS/c1-10-25-26-18-28(10)27-15(11-5-7-13(20)8-6-11)16(30-18)17(29)24-14-4-2-3-12(9-14)19(21,22)23/h2-9,15-16,27H,1H3,(H,24,29)/t15-,16-/m1/s1. The lowest BCUT2D eigenvalue weighted by Gasteiger charge is -2.32. The van der Waals surface area contributed by atoms with E-state index in [2.05, 4.69) is 20.9 Å². The number of anilines is 1. The average Bonchev–Trinajstić information content (AvgIpc) is 3.07. The Kier molecular flexibility index (Phi) is 5.14. The van der Waals surface area contributed by atoms with Crippen LogP contribution in [0.5, 0.6) is 0 Å². The molecule has 1 amide bonds. The van der Waals surface area contributed by atoms with E-state index in [1.807, 2.05) is 0 Å². The number of hydrogen-bond acceptors (Lipinski definition) is 5. The molecule has 0 saturated carbocycles. The fraction of sp³-hybridized carbons (Fsp3) is 0.211. The van der Waals surface area contributed by atoms with Crippen LogP contribution < -0.4 is 10.7 Å². The quantitative estimate of drug-likeness (QED) is 0.603. The van der Waals surface area contributed by atoms with Gasteiger partial charge in [-0.25, -0.2) is 9.07 Å². The van der Waals surface area contributed by atoms with Gasteiger partial charge in [0.1, 0.15) is 16.9 Å². The van der Waals surface area contributed by atoms with Crippen LogP contribution in [0.4, 0.5) is 23.2 Å². The summed E-state index contributed by atoms with van der Waals surface area (Å²) in [6.07, 6.45) is -4.52. The number of nitrogens with one attached hydrogen (secondary N) is 2. The fourth-order valence-electron chi connectivity index (χ4n) is 3.07. The third-order valence-electron chi connectivity index (χ3n) is 4.54. The zero-order valence-corrected chi connectivity index (χ0v) is 16.3. The minimum Gasteiger partial charge on any atom is -0.325 e. The van der Waals surface area contributed by atoms with E-state index in [9.17, 15) is 22.4 Å². The molecular weight excluding hydrogens is 422 g/mol. The highest BCUT2D eigenvalue weighted by Crippen LogP contribution is 2.38. The molecule has 156 valence electrons. The Labute approximate surface area is 172 Å². The number of aromatic nitrogens is 3. The molecule has 0 spiro atoms. The number of nitrogens with zero attached hydrogens (tertiary/aromatic N) is 3. The van der Waals surface area contributed by atoms with E-state index >= 15 is 0 Å². The minimum absolute atomic E-state index is 0.0245. The van der Waals surface area contributed by atoms with E-state index in [0.717, 1.165) is 23.9 Å². The van der Waals surface area contributed by atoms with E-state index in [4.69, 9.17) is 0 Å². The molecule has 1 aliphatic rings. The van der Waals surface area contributed by atoms with Crippen LogP contribution >= 0.6 is 11.8 Å². The number of alkyl halides is 3. The van der Waals surface area contributed by atoms with Gasteiger partial charge in [0.05, 0.1) is 11.6 Å². The van der Waals surface area contributed by atoms with Crippen molar-refractivity contribution in [3.63, 3.8) is 0 Å². The molecule has 30 heavy (non-hydrogen) atoms. The number of amides is 1. The third-order valence-corrected chi connectivity index (χ3v) is 5.76. The van der Waals surface area contributed by atoms with Gasteiger partial charge in [-0.1, -0.05) is 30.0 Å². The summed E-state index contributed by atoms with van der Waals surface area (Å²) >= 11 is 1.12. The number of hydrogen-bond donors (Lipinski definition) is 2. The monoisotopic (exact) mass is 437 g/mol. The maximum absolute atomic E-state index is 13.4. The maximum atomic E-state index is 13.4. The first-order valence-electron chi connectivity index (χ1n) is 8.81. The summed E-state index contributed by atoms with van der Waals surface area (Å²) in [5, 5.41) is 10.2. The lowest BCUT2D eigenvalue weighted by molar-refractivity contribution is -0.137. The first-order chi connectivity index (χ1) is 14.2. The van der Waals surface area contributed by atoms with Gasteiger partial charge in [0.25, 0.3) is 0 Å². The van der Waals surface area contributed by atoms with Crippen molar-refractivity contribution in [1.29, 1.82) is 0 Å². The summed E-state index contributed by atoms with van der Waals surface area (Å²) in [6.45, 7) is 1.73. The summed E-state index contributed by atoms with van der Waals surface area (Å²) in [5.41, 5.74) is 2.94. The second-order valence-corrected chi connectivity index (χ2v) is 7.74. The van der Waals surface area contributed by atoms with Gasteiger partial charge >= 0.3 is 6.18 Å². The van der Waals surface area contributed by atoms with Gasteiger partial charge in [-0.05, 0) is 42.8 Å². The first kappa shape index (κ1) is 20.2. The molecule has 2 atom stereocenters. The highest BCUT2D eigenvalue weighted by Gasteiger charge is 2.38. The lowest BCUT2D eigenvalue weighted by Crippen LogP contribution is -2.41. The lowest BCUT2D eigenvalue weighted by atomic mass is 10.0. The van der Waals surface area contributed by atoms with Crippen molar-refractivity contribution in [3.8, 4) is 0 Å². The van der Waals surface area contributed by atoms with Crippen molar-refractivity contribution in [2.75, 3.05) is 10.7 Å². The molecule has 0 saturated heterocycles. The van der Waals surface area contributed by atoms with Gasteiger partial charge in [-0.15, -0.1) is 10.2 Å².